The summed E-state index contributed by atoms with van der Waals surface area (Å²) in [6.45, 7) is 1.87. The second kappa shape index (κ2) is 5.86. The smallest absolute Gasteiger partial charge is 0.220 e. The molecule has 1 rings (SSSR count). The lowest BCUT2D eigenvalue weighted by molar-refractivity contribution is -0.118. The first-order chi connectivity index (χ1) is 7.50. The van der Waals surface area contributed by atoms with Crippen LogP contribution in [0.25, 0.3) is 0 Å². The molecule has 1 atom stereocenters. The van der Waals surface area contributed by atoms with Gasteiger partial charge in [0.05, 0.1) is 19.1 Å². The Kier molecular flexibility index (Phi) is 4.76. The van der Waals surface area contributed by atoms with Crippen molar-refractivity contribution >= 4 is 21.8 Å². The van der Waals surface area contributed by atoms with Crippen molar-refractivity contribution < 1.29 is 14.6 Å². The minimum atomic E-state index is -0.624. The highest BCUT2D eigenvalue weighted by Gasteiger charge is 2.10. The van der Waals surface area contributed by atoms with Gasteiger partial charge in [0.15, 0.2) is 0 Å². The van der Waals surface area contributed by atoms with Crippen molar-refractivity contribution in [1.29, 1.82) is 0 Å². The predicted molar refractivity (Wildman–Crippen MR) is 64.1 cm³/mol. The van der Waals surface area contributed by atoms with E-state index in [0.29, 0.717) is 11.3 Å². The van der Waals surface area contributed by atoms with Gasteiger partial charge in [0.1, 0.15) is 5.75 Å². The summed E-state index contributed by atoms with van der Waals surface area (Å²) in [4.78, 5) is 10.5. The number of carbonyl (C=O) groups excluding carboxylic acids is 1. The molecule has 4 nitrogen and oxygen atoms in total. The molecular weight excluding hydrogens is 274 g/mol. The summed E-state index contributed by atoms with van der Waals surface area (Å²) in [5, 5.41) is 9.55. The maximum atomic E-state index is 10.5. The SMILES string of the molecule is C[C@@H](O)c1cc(Br)ccc1OCCC(N)=O. The monoisotopic (exact) mass is 287 g/mol. The van der Waals surface area contributed by atoms with Crippen molar-refractivity contribution in [3.63, 3.8) is 0 Å². The first-order valence-corrected chi connectivity index (χ1v) is 5.68. The first kappa shape index (κ1) is 13.0. The molecule has 0 fully saturated rings. The Balaban J connectivity index is 2.74. The predicted octanol–water partition coefficient (Wildman–Crippen LogP) is 1.76. The second-order valence-corrected chi connectivity index (χ2v) is 4.34. The third kappa shape index (κ3) is 3.83. The van der Waals surface area contributed by atoms with Crippen LogP contribution in [0.1, 0.15) is 25.0 Å². The fourth-order valence-electron chi connectivity index (χ4n) is 1.24. The number of aliphatic hydroxyl groups excluding tert-OH is 1. The second-order valence-electron chi connectivity index (χ2n) is 3.42. The Morgan fingerprint density at radius 3 is 2.88 bits per heavy atom. The molecule has 0 saturated heterocycles. The summed E-state index contributed by atoms with van der Waals surface area (Å²) in [6.07, 6.45) is -0.462. The van der Waals surface area contributed by atoms with Gasteiger partial charge in [0.2, 0.25) is 5.91 Å². The largest absolute Gasteiger partial charge is 0.493 e. The number of hydrogen-bond acceptors (Lipinski definition) is 3. The maximum absolute atomic E-state index is 10.5. The van der Waals surface area contributed by atoms with Crippen LogP contribution in [0.2, 0.25) is 0 Å². The summed E-state index contributed by atoms with van der Waals surface area (Å²) in [5.74, 6) is 0.162. The molecule has 3 N–H and O–H groups in total. The number of aliphatic hydroxyl groups is 1. The van der Waals surface area contributed by atoms with Crippen LogP contribution in [0.5, 0.6) is 5.75 Å². The molecule has 1 amide bonds. The number of amides is 1. The number of hydrogen-bond donors (Lipinski definition) is 2. The molecule has 0 saturated carbocycles. The molecule has 5 heteroatoms. The summed E-state index contributed by atoms with van der Waals surface area (Å²) < 4.78 is 6.25. The van der Waals surface area contributed by atoms with Crippen LogP contribution in [0.3, 0.4) is 0 Å². The number of rotatable bonds is 5. The standard InChI is InChI=1S/C11H14BrNO3/c1-7(14)9-6-8(12)2-3-10(9)16-5-4-11(13)15/h2-3,6-7,14H,4-5H2,1H3,(H2,13,15)/t7-/m1/s1. The average Bonchev–Trinajstić information content (AvgIpc) is 2.19. The van der Waals surface area contributed by atoms with Crippen LogP contribution in [0.15, 0.2) is 22.7 Å². The highest BCUT2D eigenvalue weighted by atomic mass is 79.9. The summed E-state index contributed by atoms with van der Waals surface area (Å²) in [7, 11) is 0. The van der Waals surface area contributed by atoms with Gasteiger partial charge in [-0.3, -0.25) is 4.79 Å². The van der Waals surface area contributed by atoms with E-state index in [1.165, 1.54) is 0 Å². The van der Waals surface area contributed by atoms with E-state index in [4.69, 9.17) is 10.5 Å². The molecule has 0 heterocycles. The Labute approximate surface area is 103 Å². The lowest BCUT2D eigenvalue weighted by Crippen LogP contribution is -2.15. The Bertz CT molecular complexity index is 379. The van der Waals surface area contributed by atoms with Gasteiger partial charge < -0.3 is 15.6 Å². The number of primary amides is 1. The van der Waals surface area contributed by atoms with E-state index in [1.807, 2.05) is 6.07 Å². The van der Waals surface area contributed by atoms with E-state index in [2.05, 4.69) is 15.9 Å². The highest BCUT2D eigenvalue weighted by molar-refractivity contribution is 9.10. The molecule has 0 aliphatic carbocycles. The molecule has 1 aromatic carbocycles. The van der Waals surface area contributed by atoms with Crippen LogP contribution < -0.4 is 10.5 Å². The van der Waals surface area contributed by atoms with E-state index in [1.54, 1.807) is 19.1 Å². The van der Waals surface area contributed by atoms with Crippen molar-refractivity contribution in [3.05, 3.63) is 28.2 Å². The van der Waals surface area contributed by atoms with Gasteiger partial charge in [-0.1, -0.05) is 15.9 Å². The van der Waals surface area contributed by atoms with Crippen LogP contribution in [-0.4, -0.2) is 17.6 Å². The fourth-order valence-corrected chi connectivity index (χ4v) is 1.62. The van der Waals surface area contributed by atoms with Crippen LogP contribution >= 0.6 is 15.9 Å². The first-order valence-electron chi connectivity index (χ1n) is 4.89. The molecule has 0 aliphatic rings. The zero-order valence-corrected chi connectivity index (χ0v) is 10.5. The summed E-state index contributed by atoms with van der Waals surface area (Å²) in [6, 6.07) is 5.34. The quantitative estimate of drug-likeness (QED) is 0.867. The van der Waals surface area contributed by atoms with Gasteiger partial charge in [-0.2, -0.15) is 0 Å². The minimum Gasteiger partial charge on any atom is -0.493 e. The number of ether oxygens (including phenoxy) is 1. The van der Waals surface area contributed by atoms with Crippen molar-refractivity contribution in [1.82, 2.24) is 0 Å². The lowest BCUT2D eigenvalue weighted by atomic mass is 10.1. The zero-order valence-electron chi connectivity index (χ0n) is 8.94. The summed E-state index contributed by atoms with van der Waals surface area (Å²) in [5.41, 5.74) is 5.68. The Morgan fingerprint density at radius 2 is 2.31 bits per heavy atom. The molecule has 0 radical (unpaired) electrons. The number of benzene rings is 1. The molecule has 0 bridgehead atoms. The third-order valence-corrected chi connectivity index (χ3v) is 2.52. The molecule has 0 aromatic heterocycles. The maximum Gasteiger partial charge on any atom is 0.220 e. The van der Waals surface area contributed by atoms with Gasteiger partial charge >= 0.3 is 0 Å². The van der Waals surface area contributed by atoms with E-state index >= 15 is 0 Å². The Hall–Kier alpha value is -1.07. The molecule has 0 spiro atoms. The lowest BCUT2D eigenvalue weighted by Gasteiger charge is -2.13. The topological polar surface area (TPSA) is 72.6 Å². The molecule has 0 aliphatic heterocycles. The Morgan fingerprint density at radius 1 is 1.62 bits per heavy atom. The molecule has 0 unspecified atom stereocenters. The molecular formula is C11H14BrNO3. The number of nitrogens with two attached hydrogens (primary N) is 1. The van der Waals surface area contributed by atoms with Crippen LogP contribution in [0, 0.1) is 0 Å². The minimum absolute atomic E-state index is 0.162. The van der Waals surface area contributed by atoms with Crippen molar-refractivity contribution in [2.75, 3.05) is 6.61 Å². The molecule has 1 aromatic rings. The normalized spacial score (nSPS) is 12.2. The molecule has 88 valence electrons. The van der Waals surface area contributed by atoms with Gasteiger partial charge in [-0.05, 0) is 25.1 Å². The number of carbonyl (C=O) groups is 1. The zero-order chi connectivity index (χ0) is 12.1. The average molecular weight is 288 g/mol. The fraction of sp³-hybridized carbons (Fsp3) is 0.364. The summed E-state index contributed by atoms with van der Waals surface area (Å²) >= 11 is 3.32. The van der Waals surface area contributed by atoms with Gasteiger partial charge in [-0.15, -0.1) is 0 Å². The highest BCUT2D eigenvalue weighted by Crippen LogP contribution is 2.28. The van der Waals surface area contributed by atoms with Crippen molar-refractivity contribution in [2.24, 2.45) is 5.73 Å². The van der Waals surface area contributed by atoms with Gasteiger partial charge in [0.25, 0.3) is 0 Å². The van der Waals surface area contributed by atoms with E-state index < -0.39 is 12.0 Å². The van der Waals surface area contributed by atoms with Gasteiger partial charge in [-0.25, -0.2) is 0 Å². The number of halogens is 1. The van der Waals surface area contributed by atoms with Gasteiger partial charge in [0, 0.05) is 10.0 Å². The van der Waals surface area contributed by atoms with Crippen molar-refractivity contribution in [2.45, 2.75) is 19.4 Å². The molecule has 16 heavy (non-hydrogen) atoms. The van der Waals surface area contributed by atoms with Crippen molar-refractivity contribution in [3.8, 4) is 5.75 Å². The van der Waals surface area contributed by atoms with E-state index in [9.17, 15) is 9.90 Å². The van der Waals surface area contributed by atoms with Crippen LogP contribution in [-0.2, 0) is 4.79 Å². The van der Waals surface area contributed by atoms with E-state index in [0.717, 1.165) is 4.47 Å². The van der Waals surface area contributed by atoms with Crippen LogP contribution in [0.4, 0.5) is 0 Å². The van der Waals surface area contributed by atoms with E-state index in [-0.39, 0.29) is 13.0 Å². The third-order valence-electron chi connectivity index (χ3n) is 2.03.